The first-order chi connectivity index (χ1) is 5.55. The van der Waals surface area contributed by atoms with E-state index in [1.807, 2.05) is 5.92 Å². The van der Waals surface area contributed by atoms with Gasteiger partial charge in [-0.05, 0) is 0 Å². The van der Waals surface area contributed by atoms with Gasteiger partial charge in [0.05, 0.1) is 12.6 Å². The Morgan fingerprint density at radius 3 is 2.75 bits per heavy atom. The van der Waals surface area contributed by atoms with Crippen LogP contribution in [0.4, 0.5) is 13.2 Å². The van der Waals surface area contributed by atoms with E-state index >= 15 is 0 Å². The normalized spacial score (nSPS) is 11.2. The molecule has 0 amide bonds. The first-order valence-corrected chi connectivity index (χ1v) is 2.87. The molecule has 63 valence electrons. The highest BCUT2D eigenvalue weighted by molar-refractivity contribution is 5.32. The second-order valence-electron chi connectivity index (χ2n) is 1.92. The predicted molar refractivity (Wildman–Crippen MR) is 33.7 cm³/mol. The number of terminal acetylenes is 1. The molecule has 5 heteroatoms. The summed E-state index contributed by atoms with van der Waals surface area (Å²) in [6.07, 6.45) is 2.11. The first kappa shape index (κ1) is 8.65. The molecule has 0 saturated carbocycles. The molecule has 0 aliphatic carbocycles. The molecule has 12 heavy (non-hydrogen) atoms. The Hall–Kier alpha value is -1.44. The molecule has 0 aliphatic rings. The van der Waals surface area contributed by atoms with E-state index in [4.69, 9.17) is 6.42 Å². The van der Waals surface area contributed by atoms with Gasteiger partial charge in [-0.15, -0.1) is 6.42 Å². The third-order valence-electron chi connectivity index (χ3n) is 1.09. The van der Waals surface area contributed by atoms with Crippen LogP contribution in [0.25, 0.3) is 0 Å². The number of hydrogen-bond acceptors (Lipinski definition) is 2. The quantitative estimate of drug-likeness (QED) is 0.607. The fourth-order valence-electron chi connectivity index (χ4n) is 0.655. The molecule has 0 aromatic carbocycles. The second kappa shape index (κ2) is 2.89. The van der Waals surface area contributed by atoms with E-state index in [9.17, 15) is 13.2 Å². The molecular weight excluding hydrogens is 171 g/mol. The van der Waals surface area contributed by atoms with Crippen LogP contribution in [0, 0.1) is 18.8 Å². The number of nitrogens with zero attached hydrogens (tertiary/aromatic N) is 1. The van der Waals surface area contributed by atoms with Crippen molar-refractivity contribution in [1.29, 1.82) is 0 Å². The monoisotopic (exact) mass is 174 g/mol. The molecule has 1 radical (unpaired) electrons. The van der Waals surface area contributed by atoms with Gasteiger partial charge in [0.25, 0.3) is 0 Å². The lowest BCUT2D eigenvalue weighted by molar-refractivity contribution is -0.155. The smallest absolute Gasteiger partial charge is 0.351 e. The van der Waals surface area contributed by atoms with Gasteiger partial charge in [-0.1, -0.05) is 11.1 Å². The van der Waals surface area contributed by atoms with Crippen LogP contribution in [0.3, 0.4) is 0 Å². The van der Waals surface area contributed by atoms with E-state index in [0.717, 1.165) is 12.6 Å². The van der Waals surface area contributed by atoms with Crippen LogP contribution in [0.5, 0.6) is 0 Å². The predicted octanol–water partition coefficient (Wildman–Crippen LogP) is 1.88. The standard InChI is InChI=1S/C7H3F3NO/c1-2-3-5-4-11-12-6(5)7(8,9)10/h1,3-4H. The van der Waals surface area contributed by atoms with E-state index in [1.165, 1.54) is 0 Å². The lowest BCUT2D eigenvalue weighted by Gasteiger charge is -2.01. The van der Waals surface area contributed by atoms with Gasteiger partial charge in [-0.2, -0.15) is 13.2 Å². The zero-order chi connectivity index (χ0) is 9.19. The van der Waals surface area contributed by atoms with Gasteiger partial charge in [0.15, 0.2) is 0 Å². The Balaban J connectivity index is 3.01. The topological polar surface area (TPSA) is 26.0 Å². The molecule has 0 spiro atoms. The first-order valence-electron chi connectivity index (χ1n) is 2.87. The van der Waals surface area contributed by atoms with Crippen molar-refractivity contribution in [3.8, 4) is 12.3 Å². The number of hydrogen-bond donors (Lipinski definition) is 0. The van der Waals surface area contributed by atoms with Crippen molar-refractivity contribution < 1.29 is 17.7 Å². The summed E-state index contributed by atoms with van der Waals surface area (Å²) in [4.78, 5) is 0. The Morgan fingerprint density at radius 1 is 1.58 bits per heavy atom. The highest BCUT2D eigenvalue weighted by Crippen LogP contribution is 2.32. The van der Waals surface area contributed by atoms with Crippen LogP contribution in [-0.2, 0) is 6.18 Å². The molecule has 0 N–H and O–H groups in total. The van der Waals surface area contributed by atoms with Crippen LogP contribution in [0.1, 0.15) is 11.3 Å². The average molecular weight is 174 g/mol. The molecule has 0 atom stereocenters. The van der Waals surface area contributed by atoms with Gasteiger partial charge in [-0.25, -0.2) is 0 Å². The maximum Gasteiger partial charge on any atom is 0.452 e. The summed E-state index contributed by atoms with van der Waals surface area (Å²) >= 11 is 0. The van der Waals surface area contributed by atoms with E-state index in [2.05, 4.69) is 9.68 Å². The number of alkyl halides is 3. The Kier molecular flexibility index (Phi) is 2.09. The summed E-state index contributed by atoms with van der Waals surface area (Å²) in [6, 6.07) is 0. The van der Waals surface area contributed by atoms with Gasteiger partial charge >= 0.3 is 6.18 Å². The van der Waals surface area contributed by atoms with Crippen molar-refractivity contribution in [1.82, 2.24) is 5.16 Å². The van der Waals surface area contributed by atoms with E-state index < -0.39 is 11.9 Å². The highest BCUT2D eigenvalue weighted by Gasteiger charge is 2.38. The van der Waals surface area contributed by atoms with E-state index in [-0.39, 0.29) is 5.56 Å². The number of aromatic nitrogens is 1. The minimum Gasteiger partial charge on any atom is -0.351 e. The van der Waals surface area contributed by atoms with E-state index in [0.29, 0.717) is 0 Å². The van der Waals surface area contributed by atoms with Crippen molar-refractivity contribution in [2.24, 2.45) is 0 Å². The zero-order valence-corrected chi connectivity index (χ0v) is 5.72. The Labute approximate surface area is 66.4 Å². The largest absolute Gasteiger partial charge is 0.452 e. The van der Waals surface area contributed by atoms with Crippen molar-refractivity contribution >= 4 is 0 Å². The molecule has 1 aromatic rings. The van der Waals surface area contributed by atoms with Crippen LogP contribution in [-0.4, -0.2) is 5.16 Å². The fourth-order valence-corrected chi connectivity index (χ4v) is 0.655. The molecular formula is C7H3F3NO. The molecule has 1 heterocycles. The second-order valence-corrected chi connectivity index (χ2v) is 1.92. The van der Waals surface area contributed by atoms with Crippen molar-refractivity contribution in [3.63, 3.8) is 0 Å². The lowest BCUT2D eigenvalue weighted by Crippen LogP contribution is -2.05. The summed E-state index contributed by atoms with van der Waals surface area (Å²) < 4.78 is 39.9. The number of halogens is 3. The maximum absolute atomic E-state index is 12.0. The van der Waals surface area contributed by atoms with Gasteiger partial charge in [0.1, 0.15) is 0 Å². The number of rotatable bonds is 1. The SMILES string of the molecule is C#C[CH]c1cnoc1C(F)(F)F. The van der Waals surface area contributed by atoms with Gasteiger partial charge < -0.3 is 4.52 Å². The molecule has 0 saturated heterocycles. The van der Waals surface area contributed by atoms with Crippen LogP contribution in [0.15, 0.2) is 10.7 Å². The third kappa shape index (κ3) is 1.59. The summed E-state index contributed by atoms with van der Waals surface area (Å²) in [5.74, 6) is 0.791. The van der Waals surface area contributed by atoms with Crippen molar-refractivity contribution in [3.05, 3.63) is 23.9 Å². The molecule has 0 unspecified atom stereocenters. The summed E-state index contributed by atoms with van der Waals surface area (Å²) in [5.41, 5.74) is -0.231. The molecule has 0 bridgehead atoms. The minimum absolute atomic E-state index is 0.231. The van der Waals surface area contributed by atoms with Crippen molar-refractivity contribution in [2.45, 2.75) is 6.18 Å². The Bertz CT molecular complexity index is 307. The van der Waals surface area contributed by atoms with Gasteiger partial charge in [0, 0.05) is 5.56 Å². The maximum atomic E-state index is 12.0. The summed E-state index contributed by atoms with van der Waals surface area (Å²) in [6.45, 7) is 0. The molecule has 0 fully saturated rings. The van der Waals surface area contributed by atoms with Gasteiger partial charge in [-0.3, -0.25) is 0 Å². The molecule has 0 aliphatic heterocycles. The van der Waals surface area contributed by atoms with E-state index in [1.54, 1.807) is 0 Å². The molecule has 1 rings (SSSR count). The van der Waals surface area contributed by atoms with Crippen LogP contribution >= 0.6 is 0 Å². The average Bonchev–Trinajstić information content (AvgIpc) is 2.34. The summed E-state index contributed by atoms with van der Waals surface area (Å²) in [5, 5.41) is 2.99. The lowest BCUT2D eigenvalue weighted by atomic mass is 10.2. The highest BCUT2D eigenvalue weighted by atomic mass is 19.4. The fraction of sp³-hybridized carbons (Fsp3) is 0.143. The summed E-state index contributed by atoms with van der Waals surface area (Å²) in [7, 11) is 0. The van der Waals surface area contributed by atoms with Crippen LogP contribution < -0.4 is 0 Å². The minimum atomic E-state index is -4.54. The third-order valence-corrected chi connectivity index (χ3v) is 1.09. The van der Waals surface area contributed by atoms with Crippen molar-refractivity contribution in [2.75, 3.05) is 0 Å². The van der Waals surface area contributed by atoms with Gasteiger partial charge in [0.2, 0.25) is 5.76 Å². The zero-order valence-electron chi connectivity index (χ0n) is 5.72. The molecule has 2 nitrogen and oxygen atoms in total. The molecule has 1 aromatic heterocycles. The van der Waals surface area contributed by atoms with Crippen LogP contribution in [0.2, 0.25) is 0 Å². The Morgan fingerprint density at radius 2 is 2.25 bits per heavy atom.